The zero-order valence-corrected chi connectivity index (χ0v) is 15.4. The highest BCUT2D eigenvalue weighted by molar-refractivity contribution is 6.01. The van der Waals surface area contributed by atoms with Gasteiger partial charge in [-0.1, -0.05) is 42.5 Å². The van der Waals surface area contributed by atoms with Gasteiger partial charge in [-0.15, -0.1) is 0 Å². The Kier molecular flexibility index (Phi) is 4.83. The molecule has 0 aromatic heterocycles. The van der Waals surface area contributed by atoms with E-state index in [4.69, 9.17) is 4.74 Å². The van der Waals surface area contributed by atoms with Crippen LogP contribution in [0, 0.1) is 0 Å². The number of methoxy groups -OCH3 is 1. The van der Waals surface area contributed by atoms with E-state index in [9.17, 15) is 4.79 Å². The molecule has 0 atom stereocenters. The molecular formula is C22H23N3O2. The van der Waals surface area contributed by atoms with Crippen LogP contribution in [0.25, 0.3) is 10.8 Å². The molecule has 138 valence electrons. The van der Waals surface area contributed by atoms with Crippen molar-refractivity contribution >= 4 is 28.2 Å². The number of nitrogens with one attached hydrogen (secondary N) is 1. The predicted molar refractivity (Wildman–Crippen MR) is 110 cm³/mol. The molecule has 0 saturated carbocycles. The normalized spacial score (nSPS) is 14.3. The number of nitrogens with zero attached hydrogens (tertiary/aromatic N) is 2. The number of piperazine rings is 1. The molecule has 3 aromatic carbocycles. The van der Waals surface area contributed by atoms with Crippen LogP contribution in [0.5, 0.6) is 5.75 Å². The van der Waals surface area contributed by atoms with Crippen LogP contribution in [0.1, 0.15) is 0 Å². The molecule has 1 aliphatic heterocycles. The van der Waals surface area contributed by atoms with Crippen LogP contribution in [-0.2, 0) is 0 Å². The van der Waals surface area contributed by atoms with Gasteiger partial charge in [0.15, 0.2) is 0 Å². The molecule has 1 N–H and O–H groups in total. The largest absolute Gasteiger partial charge is 0.497 e. The highest BCUT2D eigenvalue weighted by atomic mass is 16.5. The van der Waals surface area contributed by atoms with Crippen LogP contribution >= 0.6 is 0 Å². The molecule has 5 nitrogen and oxygen atoms in total. The van der Waals surface area contributed by atoms with Gasteiger partial charge in [-0.25, -0.2) is 4.79 Å². The minimum absolute atomic E-state index is 0.0448. The zero-order chi connectivity index (χ0) is 18.6. The lowest BCUT2D eigenvalue weighted by Crippen LogP contribution is -2.50. The van der Waals surface area contributed by atoms with E-state index >= 15 is 0 Å². The number of urea groups is 1. The Morgan fingerprint density at radius 2 is 1.67 bits per heavy atom. The lowest BCUT2D eigenvalue weighted by Gasteiger charge is -2.36. The number of amides is 2. The molecule has 0 radical (unpaired) electrons. The molecule has 27 heavy (non-hydrogen) atoms. The summed E-state index contributed by atoms with van der Waals surface area (Å²) in [6.07, 6.45) is 0. The lowest BCUT2D eigenvalue weighted by atomic mass is 10.1. The van der Waals surface area contributed by atoms with E-state index in [-0.39, 0.29) is 6.03 Å². The third kappa shape index (κ3) is 3.67. The van der Waals surface area contributed by atoms with E-state index in [0.717, 1.165) is 41.0 Å². The van der Waals surface area contributed by atoms with Crippen molar-refractivity contribution in [2.45, 2.75) is 0 Å². The number of carbonyl (C=O) groups excluding carboxylic acids is 1. The van der Waals surface area contributed by atoms with E-state index in [1.807, 2.05) is 53.4 Å². The maximum atomic E-state index is 12.7. The van der Waals surface area contributed by atoms with Crippen molar-refractivity contribution in [2.75, 3.05) is 43.5 Å². The van der Waals surface area contributed by atoms with Crippen molar-refractivity contribution in [1.29, 1.82) is 0 Å². The van der Waals surface area contributed by atoms with Gasteiger partial charge < -0.3 is 19.9 Å². The number of fused-ring (bicyclic) bond motifs is 1. The van der Waals surface area contributed by atoms with Crippen molar-refractivity contribution in [3.05, 3.63) is 66.7 Å². The molecule has 4 rings (SSSR count). The standard InChI is InChI=1S/C22H23N3O2/c1-27-19-9-5-8-18(16-19)24-12-14-25(15-13-24)22(26)23-21-11-4-7-17-6-2-3-10-20(17)21/h2-11,16H,12-15H2,1H3,(H,23,26). The minimum atomic E-state index is -0.0448. The smallest absolute Gasteiger partial charge is 0.321 e. The van der Waals surface area contributed by atoms with Crippen molar-refractivity contribution in [3.8, 4) is 5.75 Å². The molecule has 1 saturated heterocycles. The number of hydrogen-bond acceptors (Lipinski definition) is 3. The van der Waals surface area contributed by atoms with E-state index in [1.54, 1.807) is 7.11 Å². The van der Waals surface area contributed by atoms with Crippen LogP contribution in [0.2, 0.25) is 0 Å². The molecule has 2 amide bonds. The van der Waals surface area contributed by atoms with Crippen LogP contribution in [0.3, 0.4) is 0 Å². The molecule has 0 unspecified atom stereocenters. The van der Waals surface area contributed by atoms with Crippen LogP contribution in [-0.4, -0.2) is 44.2 Å². The first kappa shape index (κ1) is 17.2. The molecule has 1 aliphatic rings. The summed E-state index contributed by atoms with van der Waals surface area (Å²) in [6.45, 7) is 2.98. The average molecular weight is 361 g/mol. The highest BCUT2D eigenvalue weighted by Gasteiger charge is 2.22. The summed E-state index contributed by atoms with van der Waals surface area (Å²) in [7, 11) is 1.68. The molecule has 0 spiro atoms. The summed E-state index contributed by atoms with van der Waals surface area (Å²) >= 11 is 0. The number of ether oxygens (including phenoxy) is 1. The van der Waals surface area contributed by atoms with Crippen LogP contribution < -0.4 is 15.0 Å². The second-order valence-electron chi connectivity index (χ2n) is 6.63. The molecular weight excluding hydrogens is 338 g/mol. The maximum absolute atomic E-state index is 12.7. The summed E-state index contributed by atoms with van der Waals surface area (Å²) in [6, 6.07) is 22.1. The Morgan fingerprint density at radius 3 is 2.48 bits per heavy atom. The van der Waals surface area contributed by atoms with E-state index in [0.29, 0.717) is 13.1 Å². The van der Waals surface area contributed by atoms with Gasteiger partial charge in [-0.05, 0) is 23.6 Å². The number of benzene rings is 3. The second-order valence-corrected chi connectivity index (χ2v) is 6.63. The number of carbonyl (C=O) groups is 1. The molecule has 3 aromatic rings. The quantitative estimate of drug-likeness (QED) is 0.760. The zero-order valence-electron chi connectivity index (χ0n) is 15.4. The van der Waals surface area contributed by atoms with Crippen molar-refractivity contribution in [1.82, 2.24) is 4.90 Å². The third-order valence-electron chi connectivity index (χ3n) is 5.02. The van der Waals surface area contributed by atoms with Gasteiger partial charge in [0.05, 0.1) is 12.8 Å². The molecule has 5 heteroatoms. The van der Waals surface area contributed by atoms with Crippen molar-refractivity contribution in [3.63, 3.8) is 0 Å². The Bertz CT molecular complexity index is 944. The summed E-state index contributed by atoms with van der Waals surface area (Å²) in [5.41, 5.74) is 1.98. The highest BCUT2D eigenvalue weighted by Crippen LogP contribution is 2.24. The molecule has 0 aliphatic carbocycles. The third-order valence-corrected chi connectivity index (χ3v) is 5.02. The summed E-state index contributed by atoms with van der Waals surface area (Å²) in [5.74, 6) is 0.851. The molecule has 1 heterocycles. The summed E-state index contributed by atoms with van der Waals surface area (Å²) in [4.78, 5) is 16.9. The number of hydrogen-bond donors (Lipinski definition) is 1. The topological polar surface area (TPSA) is 44.8 Å². The summed E-state index contributed by atoms with van der Waals surface area (Å²) in [5, 5.41) is 5.26. The van der Waals surface area contributed by atoms with Crippen LogP contribution in [0.15, 0.2) is 66.7 Å². The van der Waals surface area contributed by atoms with Gasteiger partial charge in [0.2, 0.25) is 0 Å². The Labute approximate surface area is 159 Å². The number of rotatable bonds is 3. The first-order valence-electron chi connectivity index (χ1n) is 9.17. The number of anilines is 2. The van der Waals surface area contributed by atoms with E-state index in [1.165, 1.54) is 0 Å². The van der Waals surface area contributed by atoms with Crippen LogP contribution in [0.4, 0.5) is 16.2 Å². The predicted octanol–water partition coefficient (Wildman–Crippen LogP) is 4.20. The maximum Gasteiger partial charge on any atom is 0.321 e. The van der Waals surface area contributed by atoms with E-state index < -0.39 is 0 Å². The van der Waals surface area contributed by atoms with Crippen molar-refractivity contribution in [2.24, 2.45) is 0 Å². The fraction of sp³-hybridized carbons (Fsp3) is 0.227. The molecule has 1 fully saturated rings. The van der Waals surface area contributed by atoms with Gasteiger partial charge >= 0.3 is 6.03 Å². The van der Waals surface area contributed by atoms with Gasteiger partial charge in [-0.3, -0.25) is 0 Å². The minimum Gasteiger partial charge on any atom is -0.497 e. The first-order valence-corrected chi connectivity index (χ1v) is 9.17. The van der Waals surface area contributed by atoms with Gasteiger partial charge in [0.25, 0.3) is 0 Å². The average Bonchev–Trinajstić information content (AvgIpc) is 2.74. The SMILES string of the molecule is COc1cccc(N2CCN(C(=O)Nc3cccc4ccccc34)CC2)c1. The van der Waals surface area contributed by atoms with Gasteiger partial charge in [-0.2, -0.15) is 0 Å². The first-order chi connectivity index (χ1) is 13.2. The Morgan fingerprint density at radius 1 is 0.926 bits per heavy atom. The van der Waals surface area contributed by atoms with Crippen molar-refractivity contribution < 1.29 is 9.53 Å². The lowest BCUT2D eigenvalue weighted by molar-refractivity contribution is 0.208. The Balaban J connectivity index is 1.41. The second kappa shape index (κ2) is 7.58. The fourth-order valence-corrected chi connectivity index (χ4v) is 3.50. The molecule has 0 bridgehead atoms. The Hall–Kier alpha value is -3.21. The fourth-order valence-electron chi connectivity index (χ4n) is 3.50. The van der Waals surface area contributed by atoms with E-state index in [2.05, 4.69) is 28.4 Å². The monoisotopic (exact) mass is 361 g/mol. The summed E-state index contributed by atoms with van der Waals surface area (Å²) < 4.78 is 5.31. The van der Waals surface area contributed by atoms with Gasteiger partial charge in [0.1, 0.15) is 5.75 Å². The van der Waals surface area contributed by atoms with Gasteiger partial charge in [0, 0.05) is 43.3 Å².